The van der Waals surface area contributed by atoms with E-state index in [4.69, 9.17) is 11.2 Å². The second-order valence-corrected chi connectivity index (χ2v) is 17.5. The zero-order valence-corrected chi connectivity index (χ0v) is 21.2. The van der Waals surface area contributed by atoms with Gasteiger partial charge in [0.05, 0.1) is 0 Å². The van der Waals surface area contributed by atoms with E-state index >= 15 is 0 Å². The Labute approximate surface area is 207 Å². The summed E-state index contributed by atoms with van der Waals surface area (Å²) in [6.07, 6.45) is 7.62. The molecule has 0 aliphatic heterocycles. The summed E-state index contributed by atoms with van der Waals surface area (Å²) in [6.45, 7) is 0. The van der Waals surface area contributed by atoms with Gasteiger partial charge in [-0.3, -0.25) is 0 Å². The van der Waals surface area contributed by atoms with E-state index in [2.05, 4.69) is 78.1 Å². The van der Waals surface area contributed by atoms with E-state index in [9.17, 15) is 4.79 Å². The fourth-order valence-electron chi connectivity index (χ4n) is 7.73. The molecule has 4 heteroatoms. The summed E-state index contributed by atoms with van der Waals surface area (Å²) in [7, 11) is 0. The quantitative estimate of drug-likeness (QED) is 0.425. The molecule has 4 aliphatic carbocycles. The van der Waals surface area contributed by atoms with E-state index in [1.54, 1.807) is 0 Å². The third-order valence-electron chi connectivity index (χ3n) is 8.94. The Morgan fingerprint density at radius 2 is 1.06 bits per heavy atom. The van der Waals surface area contributed by atoms with Crippen molar-refractivity contribution in [1.29, 1.82) is 0 Å². The van der Waals surface area contributed by atoms with Crippen molar-refractivity contribution in [2.75, 3.05) is 6.29 Å². The first-order valence-corrected chi connectivity index (χ1v) is 16.0. The molecule has 0 unspecified atom stereocenters. The van der Waals surface area contributed by atoms with Crippen LogP contribution in [0.25, 0.3) is 0 Å². The van der Waals surface area contributed by atoms with E-state index in [1.807, 2.05) is 18.2 Å². The Kier molecular flexibility index (Phi) is 5.39. The van der Waals surface area contributed by atoms with Gasteiger partial charge in [-0.2, -0.15) is 0 Å². The van der Waals surface area contributed by atoms with Gasteiger partial charge in [-0.1, -0.05) is 0 Å². The molecular formula is C30H33ClNOP. The first kappa shape index (κ1) is 22.3. The second kappa shape index (κ2) is 8.21. The first-order valence-electron chi connectivity index (χ1n) is 12.7. The van der Waals surface area contributed by atoms with E-state index in [0.29, 0.717) is 6.29 Å². The fourth-order valence-corrected chi connectivity index (χ4v) is 13.2. The van der Waals surface area contributed by atoms with Gasteiger partial charge in [-0.25, -0.2) is 0 Å². The van der Waals surface area contributed by atoms with Crippen molar-refractivity contribution >= 4 is 39.0 Å². The van der Waals surface area contributed by atoms with Crippen LogP contribution in [-0.2, 0) is 4.79 Å². The standard InChI is InChI=1S/C30H33ClNOP/c31-34(26-10-4-1-5-11-26,27-12-6-2-7-13-27,28-14-8-3-9-15-28)22-32-29(33)30-19-23-16-24(20-30)18-25(17-23)21-30/h1-15,23-25H,16-22H2,(H,32,33). The summed E-state index contributed by atoms with van der Waals surface area (Å²) in [5.41, 5.74) is -0.190. The van der Waals surface area contributed by atoms with Crippen LogP contribution in [0.3, 0.4) is 0 Å². The minimum atomic E-state index is -3.48. The molecule has 0 heterocycles. The number of rotatable bonds is 6. The number of amides is 1. The maximum atomic E-state index is 14.0. The monoisotopic (exact) mass is 489 g/mol. The molecule has 0 atom stereocenters. The van der Waals surface area contributed by atoms with Crippen molar-refractivity contribution < 1.29 is 4.79 Å². The van der Waals surface area contributed by atoms with Gasteiger partial charge in [-0.05, 0) is 0 Å². The van der Waals surface area contributed by atoms with E-state index < -0.39 is 5.96 Å². The van der Waals surface area contributed by atoms with Gasteiger partial charge in [0.2, 0.25) is 0 Å². The van der Waals surface area contributed by atoms with E-state index in [-0.39, 0.29) is 11.3 Å². The molecule has 1 N–H and O–H groups in total. The third-order valence-corrected chi connectivity index (χ3v) is 15.9. The maximum absolute atomic E-state index is 14.0. The molecule has 176 valence electrons. The number of benzene rings is 3. The van der Waals surface area contributed by atoms with Crippen LogP contribution in [0, 0.1) is 23.2 Å². The summed E-state index contributed by atoms with van der Waals surface area (Å²) in [5.74, 6) is -1.03. The normalized spacial score (nSPS) is 28.7. The van der Waals surface area contributed by atoms with Crippen LogP contribution >= 0.6 is 17.2 Å². The zero-order chi connectivity index (χ0) is 23.3. The first-order chi connectivity index (χ1) is 16.5. The molecule has 0 aromatic heterocycles. The molecule has 3 aromatic carbocycles. The van der Waals surface area contributed by atoms with Crippen LogP contribution in [-0.4, -0.2) is 12.2 Å². The Hall–Kier alpha value is -2.15. The van der Waals surface area contributed by atoms with Gasteiger partial charge < -0.3 is 0 Å². The summed E-state index contributed by atoms with van der Waals surface area (Å²) in [5, 5.41) is 6.79. The predicted octanol–water partition coefficient (Wildman–Crippen LogP) is 5.96. The van der Waals surface area contributed by atoms with Crippen molar-refractivity contribution in [3.8, 4) is 0 Å². The molecule has 1 amide bonds. The molecule has 7 rings (SSSR count). The molecule has 4 bridgehead atoms. The molecule has 4 fully saturated rings. The molecule has 2 nitrogen and oxygen atoms in total. The average Bonchev–Trinajstić information content (AvgIpc) is 2.88. The van der Waals surface area contributed by atoms with Crippen molar-refractivity contribution in [3.63, 3.8) is 0 Å². The van der Waals surface area contributed by atoms with Gasteiger partial charge in [0.25, 0.3) is 0 Å². The number of hydrogen-bond donors (Lipinski definition) is 1. The van der Waals surface area contributed by atoms with Crippen LogP contribution in [0.15, 0.2) is 91.0 Å². The number of hydrogen-bond acceptors (Lipinski definition) is 1. The third kappa shape index (κ3) is 3.37. The van der Waals surface area contributed by atoms with Crippen molar-refractivity contribution in [1.82, 2.24) is 5.32 Å². The summed E-state index contributed by atoms with van der Waals surface area (Å²) < 4.78 is 0. The summed E-state index contributed by atoms with van der Waals surface area (Å²) in [4.78, 5) is 14.0. The van der Waals surface area contributed by atoms with Crippen LogP contribution in [0.2, 0.25) is 0 Å². The van der Waals surface area contributed by atoms with Gasteiger partial charge in [0, 0.05) is 0 Å². The zero-order valence-electron chi connectivity index (χ0n) is 19.6. The molecule has 0 saturated heterocycles. The topological polar surface area (TPSA) is 29.1 Å². The van der Waals surface area contributed by atoms with Gasteiger partial charge in [0.1, 0.15) is 0 Å². The van der Waals surface area contributed by atoms with Crippen LogP contribution in [0.4, 0.5) is 0 Å². The van der Waals surface area contributed by atoms with E-state index in [1.165, 1.54) is 19.3 Å². The van der Waals surface area contributed by atoms with Crippen LogP contribution < -0.4 is 21.2 Å². The molecule has 0 spiro atoms. The fraction of sp³-hybridized carbons (Fsp3) is 0.367. The Bertz CT molecular complexity index is 1050. The van der Waals surface area contributed by atoms with Gasteiger partial charge in [0.15, 0.2) is 0 Å². The number of halogens is 1. The molecule has 0 radical (unpaired) electrons. The number of nitrogens with one attached hydrogen (secondary N) is 1. The van der Waals surface area contributed by atoms with Gasteiger partial charge in [-0.15, -0.1) is 0 Å². The molecule has 4 aliphatic rings. The van der Waals surface area contributed by atoms with Crippen molar-refractivity contribution in [2.24, 2.45) is 23.2 Å². The number of carbonyl (C=O) groups excluding carboxylic acids is 1. The van der Waals surface area contributed by atoms with Crippen molar-refractivity contribution in [3.05, 3.63) is 91.0 Å². The minimum absolute atomic E-state index is 0.190. The average molecular weight is 490 g/mol. The Morgan fingerprint density at radius 1 is 0.706 bits per heavy atom. The summed E-state index contributed by atoms with van der Waals surface area (Å²) in [6, 6.07) is 31.3. The molecule has 4 saturated carbocycles. The predicted molar refractivity (Wildman–Crippen MR) is 145 cm³/mol. The Balaban J connectivity index is 1.44. The molecule has 3 aromatic rings. The van der Waals surface area contributed by atoms with E-state index in [0.717, 1.165) is 52.9 Å². The Morgan fingerprint density at radius 3 is 1.41 bits per heavy atom. The second-order valence-electron chi connectivity index (χ2n) is 11.1. The molecular weight excluding hydrogens is 457 g/mol. The SMILES string of the molecule is O=C(NCP(Cl)(c1ccccc1)(c1ccccc1)c1ccccc1)C12CC3CC(CC(C3)C1)C2. The van der Waals surface area contributed by atoms with Crippen LogP contribution in [0.1, 0.15) is 38.5 Å². The molecule has 34 heavy (non-hydrogen) atoms. The van der Waals surface area contributed by atoms with Crippen molar-refractivity contribution in [2.45, 2.75) is 38.5 Å². The summed E-state index contributed by atoms with van der Waals surface area (Å²) >= 11 is 8.14. The van der Waals surface area contributed by atoms with Crippen LogP contribution in [0.5, 0.6) is 0 Å². The number of carbonyl (C=O) groups is 1. The van der Waals surface area contributed by atoms with Gasteiger partial charge >= 0.3 is 208 Å².